The highest BCUT2D eigenvalue weighted by molar-refractivity contribution is 5.82. The molecule has 27 heavy (non-hydrogen) atoms. The molecule has 0 bridgehead atoms. The zero-order valence-electron chi connectivity index (χ0n) is 14.3. The second-order valence-electron chi connectivity index (χ2n) is 6.75. The maximum atomic E-state index is 13.9. The summed E-state index contributed by atoms with van der Waals surface area (Å²) in [5.74, 6) is -1.69. The molecule has 6 nitrogen and oxygen atoms in total. The highest BCUT2D eigenvalue weighted by atomic mass is 19.1. The van der Waals surface area contributed by atoms with Crippen molar-refractivity contribution >= 4 is 12.1 Å². The second kappa shape index (κ2) is 6.66. The average molecular weight is 371 g/mol. The van der Waals surface area contributed by atoms with Crippen LogP contribution in [-0.2, 0) is 9.53 Å². The number of aliphatic hydroxyl groups excluding tert-OH is 1. The fourth-order valence-corrected chi connectivity index (χ4v) is 3.93. The van der Waals surface area contributed by atoms with Crippen LogP contribution < -0.4 is 0 Å². The predicted molar refractivity (Wildman–Crippen MR) is 94.1 cm³/mol. The number of carboxylic acid groups (broad SMARTS) is 1. The van der Waals surface area contributed by atoms with Gasteiger partial charge in [0.05, 0.1) is 6.54 Å². The Labute approximate surface area is 154 Å². The van der Waals surface area contributed by atoms with E-state index in [1.807, 2.05) is 48.5 Å². The van der Waals surface area contributed by atoms with Crippen LogP contribution in [0.5, 0.6) is 0 Å². The normalized spacial score (nSPS) is 23.8. The van der Waals surface area contributed by atoms with Crippen LogP contribution in [-0.4, -0.2) is 58.6 Å². The summed E-state index contributed by atoms with van der Waals surface area (Å²) in [4.78, 5) is 24.4. The van der Waals surface area contributed by atoms with Gasteiger partial charge in [0, 0.05) is 5.92 Å². The highest BCUT2D eigenvalue weighted by Crippen LogP contribution is 2.44. The molecule has 140 valence electrons. The minimum Gasteiger partial charge on any atom is -0.480 e. The van der Waals surface area contributed by atoms with Gasteiger partial charge in [0.15, 0.2) is 12.2 Å². The summed E-state index contributed by atoms with van der Waals surface area (Å²) in [5.41, 5.74) is 4.17. The van der Waals surface area contributed by atoms with Gasteiger partial charge in [0.1, 0.15) is 12.7 Å². The molecule has 2 N–H and O–H groups in total. The number of hydrogen-bond donors (Lipinski definition) is 2. The van der Waals surface area contributed by atoms with Crippen LogP contribution in [0, 0.1) is 0 Å². The maximum absolute atomic E-state index is 13.9. The molecule has 7 heteroatoms. The van der Waals surface area contributed by atoms with Gasteiger partial charge in [-0.1, -0.05) is 48.5 Å². The lowest BCUT2D eigenvalue weighted by Crippen LogP contribution is -2.44. The van der Waals surface area contributed by atoms with Crippen LogP contribution in [0.1, 0.15) is 17.0 Å². The van der Waals surface area contributed by atoms with Gasteiger partial charge in [-0.3, -0.25) is 4.90 Å². The number of alkyl halides is 1. The van der Waals surface area contributed by atoms with Gasteiger partial charge < -0.3 is 14.9 Å². The van der Waals surface area contributed by atoms with Crippen molar-refractivity contribution in [3.8, 4) is 11.1 Å². The minimum atomic E-state index is -2.04. The number of carbonyl (C=O) groups excluding carboxylic acids is 1. The molecule has 4 rings (SSSR count). The van der Waals surface area contributed by atoms with Crippen molar-refractivity contribution in [2.75, 3.05) is 13.2 Å². The van der Waals surface area contributed by atoms with E-state index in [9.17, 15) is 19.1 Å². The van der Waals surface area contributed by atoms with E-state index in [1.54, 1.807) is 0 Å². The van der Waals surface area contributed by atoms with E-state index < -0.39 is 36.9 Å². The maximum Gasteiger partial charge on any atom is 0.410 e. The summed E-state index contributed by atoms with van der Waals surface area (Å²) in [7, 11) is 0. The molecule has 0 radical (unpaired) electrons. The standard InChI is InChI=1S/C20H18FNO5/c21-17-16(23)9-22(18(17)19(24)25)20(26)27-10-15-13-7-3-1-5-11(13)12-6-2-4-8-14(12)15/h1-8,15-18,23H,9-10H2,(H,24,25)/t16-,17+,18-/m0/s1. The number of rotatable bonds is 3. The molecule has 0 saturated carbocycles. The van der Waals surface area contributed by atoms with Crippen molar-refractivity contribution in [1.82, 2.24) is 4.90 Å². The van der Waals surface area contributed by atoms with E-state index in [2.05, 4.69) is 0 Å². The second-order valence-corrected chi connectivity index (χ2v) is 6.75. The van der Waals surface area contributed by atoms with Crippen LogP contribution in [0.3, 0.4) is 0 Å². The summed E-state index contributed by atoms with van der Waals surface area (Å²) in [5, 5.41) is 18.7. The van der Waals surface area contributed by atoms with E-state index in [-0.39, 0.29) is 12.5 Å². The number of likely N-dealkylation sites (tertiary alicyclic amines) is 1. The topological polar surface area (TPSA) is 87.1 Å². The summed E-state index contributed by atoms with van der Waals surface area (Å²) in [6.45, 7) is -0.405. The van der Waals surface area contributed by atoms with Crippen LogP contribution in [0.2, 0.25) is 0 Å². The number of aliphatic carboxylic acids is 1. The largest absolute Gasteiger partial charge is 0.480 e. The monoisotopic (exact) mass is 371 g/mol. The van der Waals surface area contributed by atoms with Crippen molar-refractivity contribution in [2.24, 2.45) is 0 Å². The Balaban J connectivity index is 1.54. The first-order valence-electron chi connectivity index (χ1n) is 8.65. The summed E-state index contributed by atoms with van der Waals surface area (Å²) in [6.07, 6.45) is -4.52. The molecule has 1 aliphatic heterocycles. The molecule has 2 aliphatic rings. The number of nitrogens with zero attached hydrogens (tertiary/aromatic N) is 1. The zero-order valence-corrected chi connectivity index (χ0v) is 14.3. The number of aliphatic hydroxyl groups is 1. The molecular weight excluding hydrogens is 353 g/mol. The predicted octanol–water partition coefficient (Wildman–Crippen LogP) is 2.40. The molecule has 0 spiro atoms. The van der Waals surface area contributed by atoms with Gasteiger partial charge >= 0.3 is 12.1 Å². The molecule has 0 unspecified atom stereocenters. The Hall–Kier alpha value is -2.93. The lowest BCUT2D eigenvalue weighted by Gasteiger charge is -2.22. The third kappa shape index (κ3) is 2.84. The number of carboxylic acids is 1. The molecular formula is C20H18FNO5. The van der Waals surface area contributed by atoms with Gasteiger partial charge in [0.2, 0.25) is 0 Å². The van der Waals surface area contributed by atoms with Gasteiger partial charge in [-0.05, 0) is 22.3 Å². The third-order valence-corrected chi connectivity index (χ3v) is 5.21. The summed E-state index contributed by atoms with van der Waals surface area (Å²) >= 11 is 0. The van der Waals surface area contributed by atoms with E-state index in [4.69, 9.17) is 9.84 Å². The van der Waals surface area contributed by atoms with Crippen molar-refractivity contribution in [1.29, 1.82) is 0 Å². The first-order chi connectivity index (χ1) is 13.0. The molecule has 1 fully saturated rings. The smallest absolute Gasteiger partial charge is 0.410 e. The number of benzene rings is 2. The molecule has 1 heterocycles. The lowest BCUT2D eigenvalue weighted by molar-refractivity contribution is -0.143. The Morgan fingerprint density at radius 2 is 1.63 bits per heavy atom. The number of carbonyl (C=O) groups is 2. The number of halogens is 1. The number of amides is 1. The molecule has 0 aromatic heterocycles. The lowest BCUT2D eigenvalue weighted by atomic mass is 9.98. The van der Waals surface area contributed by atoms with E-state index in [0.29, 0.717) is 0 Å². The minimum absolute atomic E-state index is 0.00272. The molecule has 1 aliphatic carbocycles. The van der Waals surface area contributed by atoms with E-state index in [1.165, 1.54) is 0 Å². The third-order valence-electron chi connectivity index (χ3n) is 5.21. The SMILES string of the molecule is O=C(O)[C@@H]1[C@H](F)[C@@H](O)CN1C(=O)OCC1c2ccccc2-c2ccccc21. The average Bonchev–Trinajstić information content (AvgIpc) is 3.15. The Morgan fingerprint density at radius 1 is 1.07 bits per heavy atom. The molecule has 2 aromatic rings. The molecule has 3 atom stereocenters. The highest BCUT2D eigenvalue weighted by Gasteiger charge is 2.49. The van der Waals surface area contributed by atoms with Crippen LogP contribution in [0.25, 0.3) is 11.1 Å². The Morgan fingerprint density at radius 3 is 2.19 bits per heavy atom. The van der Waals surface area contributed by atoms with Gasteiger partial charge in [-0.25, -0.2) is 14.0 Å². The number of fused-ring (bicyclic) bond motifs is 3. The van der Waals surface area contributed by atoms with E-state index in [0.717, 1.165) is 27.2 Å². The van der Waals surface area contributed by atoms with Crippen LogP contribution in [0.4, 0.5) is 9.18 Å². The van der Waals surface area contributed by atoms with Gasteiger partial charge in [0.25, 0.3) is 0 Å². The van der Waals surface area contributed by atoms with Crippen LogP contribution >= 0.6 is 0 Å². The number of β-amino-alcohol motifs (C(OH)–C–C–N with tert-alkyl or cyclic N) is 1. The fraction of sp³-hybridized carbons (Fsp3) is 0.300. The van der Waals surface area contributed by atoms with Crippen molar-refractivity contribution in [3.63, 3.8) is 0 Å². The molecule has 2 aromatic carbocycles. The summed E-state index contributed by atoms with van der Waals surface area (Å²) in [6, 6.07) is 13.9. The van der Waals surface area contributed by atoms with Crippen LogP contribution in [0.15, 0.2) is 48.5 Å². The quantitative estimate of drug-likeness (QED) is 0.865. The zero-order chi connectivity index (χ0) is 19.1. The molecule has 1 amide bonds. The van der Waals surface area contributed by atoms with Crippen molar-refractivity contribution in [3.05, 3.63) is 59.7 Å². The summed E-state index contributed by atoms with van der Waals surface area (Å²) < 4.78 is 19.2. The number of ether oxygens (including phenoxy) is 1. The fourth-order valence-electron chi connectivity index (χ4n) is 3.93. The van der Waals surface area contributed by atoms with E-state index >= 15 is 0 Å². The Bertz CT molecular complexity index is 856. The van der Waals surface area contributed by atoms with Gasteiger partial charge in [-0.15, -0.1) is 0 Å². The van der Waals surface area contributed by atoms with Crippen molar-refractivity contribution in [2.45, 2.75) is 24.2 Å². The first kappa shape index (κ1) is 17.5. The van der Waals surface area contributed by atoms with Gasteiger partial charge in [-0.2, -0.15) is 0 Å². The Kier molecular flexibility index (Phi) is 4.31. The van der Waals surface area contributed by atoms with Crippen molar-refractivity contribution < 1.29 is 28.9 Å². The molecule has 1 saturated heterocycles. The first-order valence-corrected chi connectivity index (χ1v) is 8.65. The number of hydrogen-bond acceptors (Lipinski definition) is 4.